The van der Waals surface area contributed by atoms with Crippen molar-refractivity contribution >= 4 is 23.4 Å². The Kier molecular flexibility index (Phi) is 3.33. The molecule has 0 fully saturated rings. The number of carbonyl (C=O) groups excluding carboxylic acids is 2. The smallest absolute Gasteiger partial charge is 0.411 e. The predicted molar refractivity (Wildman–Crippen MR) is 70.4 cm³/mol. The van der Waals surface area contributed by atoms with Crippen LogP contribution in [-0.2, 0) is 9.53 Å². The van der Waals surface area contributed by atoms with Crippen molar-refractivity contribution in [2.45, 2.75) is 13.8 Å². The Morgan fingerprint density at radius 1 is 1.47 bits per heavy atom. The van der Waals surface area contributed by atoms with Gasteiger partial charge in [0.15, 0.2) is 0 Å². The zero-order chi connectivity index (χ0) is 14.0. The van der Waals surface area contributed by atoms with Crippen LogP contribution < -0.4 is 15.4 Å². The summed E-state index contributed by atoms with van der Waals surface area (Å²) >= 11 is 0. The highest BCUT2D eigenvalue weighted by molar-refractivity contribution is 5.98. The molecule has 0 spiro atoms. The molecule has 6 nitrogen and oxygen atoms in total. The number of ether oxygens (including phenoxy) is 2. The minimum absolute atomic E-state index is 0.124. The van der Waals surface area contributed by atoms with Gasteiger partial charge in [-0.2, -0.15) is 0 Å². The van der Waals surface area contributed by atoms with Crippen LogP contribution in [0.1, 0.15) is 13.8 Å². The second-order valence-electron chi connectivity index (χ2n) is 4.95. The molecule has 0 unspecified atom stereocenters. The monoisotopic (exact) mass is 264 g/mol. The number of fused-ring (bicyclic) bond motifs is 1. The third kappa shape index (κ3) is 2.78. The molecular formula is C13H16N2O4. The van der Waals surface area contributed by atoms with Crippen molar-refractivity contribution in [3.8, 4) is 5.75 Å². The van der Waals surface area contributed by atoms with E-state index in [9.17, 15) is 9.59 Å². The van der Waals surface area contributed by atoms with E-state index in [0.29, 0.717) is 23.7 Å². The van der Waals surface area contributed by atoms with Gasteiger partial charge < -0.3 is 14.8 Å². The lowest BCUT2D eigenvalue weighted by Gasteiger charge is -2.18. The maximum absolute atomic E-state index is 12.0. The zero-order valence-electron chi connectivity index (χ0n) is 11.1. The average molecular weight is 264 g/mol. The van der Waals surface area contributed by atoms with Gasteiger partial charge >= 0.3 is 6.09 Å². The van der Waals surface area contributed by atoms with Crippen LogP contribution in [0, 0.1) is 5.41 Å². The fourth-order valence-electron chi connectivity index (χ4n) is 1.62. The number of carbonyl (C=O) groups is 2. The minimum Gasteiger partial charge on any atom is -0.490 e. The van der Waals surface area contributed by atoms with Gasteiger partial charge in [-0.15, -0.1) is 0 Å². The number of methoxy groups -OCH3 is 1. The molecule has 0 saturated heterocycles. The van der Waals surface area contributed by atoms with Gasteiger partial charge in [0.1, 0.15) is 12.4 Å². The topological polar surface area (TPSA) is 76.7 Å². The molecule has 2 amide bonds. The van der Waals surface area contributed by atoms with E-state index in [-0.39, 0.29) is 5.91 Å². The SMILES string of the molecule is COC(=O)Nc1ccc2c(c1)NC(=O)C(C)(C)CO2. The Morgan fingerprint density at radius 2 is 2.21 bits per heavy atom. The molecule has 2 rings (SSSR count). The van der Waals surface area contributed by atoms with Crippen molar-refractivity contribution < 1.29 is 19.1 Å². The summed E-state index contributed by atoms with van der Waals surface area (Å²) in [5.74, 6) is 0.454. The van der Waals surface area contributed by atoms with E-state index in [1.54, 1.807) is 18.2 Å². The van der Waals surface area contributed by atoms with Crippen molar-refractivity contribution in [2.24, 2.45) is 5.41 Å². The third-order valence-corrected chi connectivity index (χ3v) is 2.86. The van der Waals surface area contributed by atoms with Gasteiger partial charge in [-0.1, -0.05) is 0 Å². The molecule has 0 saturated carbocycles. The fraction of sp³-hybridized carbons (Fsp3) is 0.385. The van der Waals surface area contributed by atoms with E-state index < -0.39 is 11.5 Å². The lowest BCUT2D eigenvalue weighted by molar-refractivity contribution is -0.124. The van der Waals surface area contributed by atoms with Crippen LogP contribution >= 0.6 is 0 Å². The maximum Gasteiger partial charge on any atom is 0.411 e. The first-order valence-electron chi connectivity index (χ1n) is 5.86. The summed E-state index contributed by atoms with van der Waals surface area (Å²) in [6, 6.07) is 5.01. The van der Waals surface area contributed by atoms with Gasteiger partial charge in [-0.3, -0.25) is 10.1 Å². The van der Waals surface area contributed by atoms with Gasteiger partial charge in [-0.05, 0) is 32.0 Å². The Morgan fingerprint density at radius 3 is 2.89 bits per heavy atom. The average Bonchev–Trinajstić information content (AvgIpc) is 2.47. The molecule has 102 valence electrons. The molecule has 1 aromatic rings. The summed E-state index contributed by atoms with van der Waals surface area (Å²) in [5.41, 5.74) is 0.452. The number of hydrogen-bond acceptors (Lipinski definition) is 4. The largest absolute Gasteiger partial charge is 0.490 e. The summed E-state index contributed by atoms with van der Waals surface area (Å²) in [5, 5.41) is 5.32. The van der Waals surface area contributed by atoms with E-state index >= 15 is 0 Å². The van der Waals surface area contributed by atoms with Crippen molar-refractivity contribution in [3.63, 3.8) is 0 Å². The van der Waals surface area contributed by atoms with Gasteiger partial charge in [0.25, 0.3) is 0 Å². The number of hydrogen-bond donors (Lipinski definition) is 2. The van der Waals surface area contributed by atoms with Crippen LogP contribution in [0.4, 0.5) is 16.2 Å². The normalized spacial score (nSPS) is 16.5. The summed E-state index contributed by atoms with van der Waals surface area (Å²) in [6.07, 6.45) is -0.568. The second-order valence-corrected chi connectivity index (χ2v) is 4.95. The second kappa shape index (κ2) is 4.79. The molecule has 1 heterocycles. The highest BCUT2D eigenvalue weighted by Crippen LogP contribution is 2.34. The van der Waals surface area contributed by atoms with E-state index in [1.165, 1.54) is 7.11 Å². The first kappa shape index (κ1) is 13.2. The van der Waals surface area contributed by atoms with Gasteiger partial charge in [0.2, 0.25) is 5.91 Å². The van der Waals surface area contributed by atoms with Gasteiger partial charge in [0, 0.05) is 5.69 Å². The first-order valence-corrected chi connectivity index (χ1v) is 5.86. The Bertz CT molecular complexity index is 525. The minimum atomic E-state index is -0.602. The third-order valence-electron chi connectivity index (χ3n) is 2.86. The standard InChI is InChI=1S/C13H16N2O4/c1-13(2)7-19-10-5-4-8(14-12(17)18-3)6-9(10)15-11(13)16/h4-6H,7H2,1-3H3,(H,14,17)(H,15,16). The molecule has 1 aliphatic heterocycles. The quantitative estimate of drug-likeness (QED) is 0.815. The zero-order valence-corrected chi connectivity index (χ0v) is 11.1. The number of nitrogens with one attached hydrogen (secondary N) is 2. The molecule has 0 radical (unpaired) electrons. The molecular weight excluding hydrogens is 248 g/mol. The lowest BCUT2D eigenvalue weighted by Crippen LogP contribution is -2.33. The van der Waals surface area contributed by atoms with Crippen molar-refractivity contribution in [3.05, 3.63) is 18.2 Å². The van der Waals surface area contributed by atoms with E-state index in [1.807, 2.05) is 13.8 Å². The number of benzene rings is 1. The van der Waals surface area contributed by atoms with Crippen molar-refractivity contribution in [2.75, 3.05) is 24.4 Å². The molecule has 0 atom stereocenters. The molecule has 1 aliphatic rings. The van der Waals surface area contributed by atoms with Gasteiger partial charge in [-0.25, -0.2) is 4.79 Å². The van der Waals surface area contributed by atoms with Gasteiger partial charge in [0.05, 0.1) is 18.2 Å². The Balaban J connectivity index is 2.26. The number of rotatable bonds is 1. The molecule has 1 aromatic carbocycles. The molecule has 2 N–H and O–H groups in total. The van der Waals surface area contributed by atoms with E-state index in [4.69, 9.17) is 4.74 Å². The number of amides is 2. The highest BCUT2D eigenvalue weighted by atomic mass is 16.5. The first-order chi connectivity index (χ1) is 8.92. The Labute approximate surface area is 111 Å². The summed E-state index contributed by atoms with van der Waals surface area (Å²) in [6.45, 7) is 3.92. The van der Waals surface area contributed by atoms with Crippen LogP contribution in [0.25, 0.3) is 0 Å². The van der Waals surface area contributed by atoms with Crippen LogP contribution in [0.15, 0.2) is 18.2 Å². The summed E-state index contributed by atoms with van der Waals surface area (Å²) in [4.78, 5) is 23.1. The van der Waals surface area contributed by atoms with Crippen molar-refractivity contribution in [1.29, 1.82) is 0 Å². The molecule has 0 bridgehead atoms. The molecule has 6 heteroatoms. The summed E-state index contributed by atoms with van der Waals surface area (Å²) in [7, 11) is 1.28. The van der Waals surface area contributed by atoms with Crippen LogP contribution in [0.3, 0.4) is 0 Å². The highest BCUT2D eigenvalue weighted by Gasteiger charge is 2.32. The van der Waals surface area contributed by atoms with Crippen LogP contribution in [-0.4, -0.2) is 25.7 Å². The molecule has 0 aromatic heterocycles. The lowest BCUT2D eigenvalue weighted by atomic mass is 9.94. The fourth-order valence-corrected chi connectivity index (χ4v) is 1.62. The Hall–Kier alpha value is -2.24. The predicted octanol–water partition coefficient (Wildman–Crippen LogP) is 2.22. The van der Waals surface area contributed by atoms with Crippen LogP contribution in [0.5, 0.6) is 5.75 Å². The summed E-state index contributed by atoms with van der Waals surface area (Å²) < 4.78 is 10.1. The molecule has 19 heavy (non-hydrogen) atoms. The molecule has 0 aliphatic carbocycles. The van der Waals surface area contributed by atoms with E-state index in [2.05, 4.69) is 15.4 Å². The van der Waals surface area contributed by atoms with Crippen molar-refractivity contribution in [1.82, 2.24) is 0 Å². The van der Waals surface area contributed by atoms with Crippen LogP contribution in [0.2, 0.25) is 0 Å². The van der Waals surface area contributed by atoms with E-state index in [0.717, 1.165) is 0 Å². The number of anilines is 2. The maximum atomic E-state index is 12.0.